The highest BCUT2D eigenvalue weighted by atomic mass is 19.4. The molecule has 3 rings (SSSR count). The first-order chi connectivity index (χ1) is 11.8. The molecule has 1 aliphatic rings. The topological polar surface area (TPSA) is 86.3 Å². The molecular weight excluding hydrogens is 339 g/mol. The summed E-state index contributed by atoms with van der Waals surface area (Å²) in [6.07, 6.45) is -3.82. The molecular formula is C15H16F3N5O2. The van der Waals surface area contributed by atoms with Crippen LogP contribution < -0.4 is 5.73 Å². The van der Waals surface area contributed by atoms with Crippen molar-refractivity contribution in [2.45, 2.75) is 18.8 Å². The summed E-state index contributed by atoms with van der Waals surface area (Å²) in [5, 5.41) is 3.39. The third-order valence-electron chi connectivity index (χ3n) is 3.77. The summed E-state index contributed by atoms with van der Waals surface area (Å²) in [6.45, 7) is 0.640. The lowest BCUT2D eigenvalue weighted by atomic mass is 10.2. The Morgan fingerprint density at radius 1 is 1.36 bits per heavy atom. The maximum atomic E-state index is 12.6. The van der Waals surface area contributed by atoms with Crippen LogP contribution in [0.2, 0.25) is 0 Å². The lowest BCUT2D eigenvalue weighted by molar-refractivity contribution is -0.143. The van der Waals surface area contributed by atoms with Crippen molar-refractivity contribution in [3.8, 4) is 0 Å². The normalized spacial score (nSPS) is 18.4. The molecule has 2 N–H and O–H groups in total. The van der Waals surface area contributed by atoms with E-state index >= 15 is 0 Å². The summed E-state index contributed by atoms with van der Waals surface area (Å²) < 4.78 is 44.3. The van der Waals surface area contributed by atoms with E-state index in [1.807, 2.05) is 0 Å². The predicted molar refractivity (Wildman–Crippen MR) is 81.2 cm³/mol. The number of ether oxygens (including phenoxy) is 1. The van der Waals surface area contributed by atoms with Gasteiger partial charge in [0.2, 0.25) is 5.91 Å². The van der Waals surface area contributed by atoms with Crippen LogP contribution in [0, 0.1) is 0 Å². The zero-order valence-electron chi connectivity index (χ0n) is 13.1. The molecule has 0 spiro atoms. The van der Waals surface area contributed by atoms with E-state index < -0.39 is 18.0 Å². The van der Waals surface area contributed by atoms with Gasteiger partial charge >= 0.3 is 6.18 Å². The number of amides is 1. The van der Waals surface area contributed by atoms with Crippen molar-refractivity contribution >= 4 is 11.7 Å². The van der Waals surface area contributed by atoms with Gasteiger partial charge in [0.15, 0.2) is 5.69 Å². The Morgan fingerprint density at radius 2 is 2.16 bits per heavy atom. The predicted octanol–water partition coefficient (Wildman–Crippen LogP) is 1.48. The molecule has 1 atom stereocenters. The Balaban J connectivity index is 1.65. The first-order valence-electron chi connectivity index (χ1n) is 7.55. The monoisotopic (exact) mass is 355 g/mol. The summed E-state index contributed by atoms with van der Waals surface area (Å²) in [7, 11) is 0. The third-order valence-corrected chi connectivity index (χ3v) is 3.77. The van der Waals surface area contributed by atoms with Crippen LogP contribution in [0.1, 0.15) is 17.5 Å². The van der Waals surface area contributed by atoms with Crippen molar-refractivity contribution in [1.82, 2.24) is 19.7 Å². The van der Waals surface area contributed by atoms with Crippen molar-refractivity contribution in [3.63, 3.8) is 0 Å². The summed E-state index contributed by atoms with van der Waals surface area (Å²) in [6, 6.07) is 5.97. The number of morpholine rings is 1. The largest absolute Gasteiger partial charge is 0.435 e. The van der Waals surface area contributed by atoms with Gasteiger partial charge < -0.3 is 15.4 Å². The Bertz CT molecular complexity index is 762. The number of aromatic nitrogens is 3. The molecule has 25 heavy (non-hydrogen) atoms. The first-order valence-corrected chi connectivity index (χ1v) is 7.55. The zero-order chi connectivity index (χ0) is 18.0. The summed E-state index contributed by atoms with van der Waals surface area (Å²) >= 11 is 0. The van der Waals surface area contributed by atoms with E-state index in [9.17, 15) is 18.0 Å². The maximum Gasteiger partial charge on any atom is 0.435 e. The van der Waals surface area contributed by atoms with Gasteiger partial charge in [0.25, 0.3) is 0 Å². The molecule has 0 aromatic carbocycles. The number of nitrogens with two attached hydrogens (primary N) is 1. The highest BCUT2D eigenvalue weighted by molar-refractivity contribution is 5.76. The van der Waals surface area contributed by atoms with Gasteiger partial charge in [-0.2, -0.15) is 18.3 Å². The average Bonchev–Trinajstić information content (AvgIpc) is 3.04. The van der Waals surface area contributed by atoms with Crippen molar-refractivity contribution < 1.29 is 22.7 Å². The molecule has 3 heterocycles. The van der Waals surface area contributed by atoms with E-state index in [1.165, 1.54) is 4.90 Å². The van der Waals surface area contributed by atoms with Gasteiger partial charge in [-0.25, -0.2) is 4.98 Å². The number of anilines is 1. The minimum Gasteiger partial charge on any atom is -0.384 e. The molecule has 2 aromatic rings. The number of pyridine rings is 1. The number of alkyl halides is 3. The van der Waals surface area contributed by atoms with Gasteiger partial charge in [-0.1, -0.05) is 6.07 Å². The number of rotatable bonds is 3. The van der Waals surface area contributed by atoms with Gasteiger partial charge in [0.05, 0.1) is 18.8 Å². The Morgan fingerprint density at radius 3 is 2.84 bits per heavy atom. The van der Waals surface area contributed by atoms with Gasteiger partial charge in [0.1, 0.15) is 18.5 Å². The minimum atomic E-state index is -4.53. The highest BCUT2D eigenvalue weighted by Gasteiger charge is 2.34. The molecule has 0 aliphatic carbocycles. The van der Waals surface area contributed by atoms with E-state index in [1.54, 1.807) is 18.2 Å². The molecule has 1 aliphatic heterocycles. The molecule has 0 bridgehead atoms. The van der Waals surface area contributed by atoms with Crippen LogP contribution in [-0.2, 0) is 22.3 Å². The summed E-state index contributed by atoms with van der Waals surface area (Å²) in [4.78, 5) is 18.1. The van der Waals surface area contributed by atoms with Crippen LogP contribution >= 0.6 is 0 Å². The van der Waals surface area contributed by atoms with Crippen LogP contribution in [0.3, 0.4) is 0 Å². The smallest absolute Gasteiger partial charge is 0.384 e. The molecule has 134 valence electrons. The number of hydrogen-bond donors (Lipinski definition) is 1. The molecule has 1 fully saturated rings. The molecule has 0 radical (unpaired) electrons. The molecule has 2 aromatic heterocycles. The number of nitrogens with zero attached hydrogens (tertiary/aromatic N) is 4. The van der Waals surface area contributed by atoms with Gasteiger partial charge in [0, 0.05) is 12.7 Å². The molecule has 1 unspecified atom stereocenters. The van der Waals surface area contributed by atoms with Crippen molar-refractivity contribution in [1.29, 1.82) is 0 Å². The second kappa shape index (κ2) is 6.71. The number of hydrogen-bond acceptors (Lipinski definition) is 5. The summed E-state index contributed by atoms with van der Waals surface area (Å²) in [5.41, 5.74) is 5.23. The van der Waals surface area contributed by atoms with E-state index in [0.29, 0.717) is 24.7 Å². The van der Waals surface area contributed by atoms with E-state index in [0.717, 1.165) is 16.9 Å². The van der Waals surface area contributed by atoms with Crippen LogP contribution in [-0.4, -0.2) is 45.3 Å². The van der Waals surface area contributed by atoms with Crippen LogP contribution in [0.4, 0.5) is 19.0 Å². The SMILES string of the molecule is Nc1cccc(C2CN(C(=O)Cn3ccc(C(F)(F)F)n3)CCO2)n1. The summed E-state index contributed by atoms with van der Waals surface area (Å²) in [5.74, 6) is 0.00907. The Kier molecular flexibility index (Phi) is 4.62. The van der Waals surface area contributed by atoms with Gasteiger partial charge in [-0.05, 0) is 18.2 Å². The molecule has 0 saturated carbocycles. The van der Waals surface area contributed by atoms with Crippen LogP contribution in [0.25, 0.3) is 0 Å². The average molecular weight is 355 g/mol. The van der Waals surface area contributed by atoms with E-state index in [-0.39, 0.29) is 19.0 Å². The van der Waals surface area contributed by atoms with E-state index in [4.69, 9.17) is 10.5 Å². The Hall–Kier alpha value is -2.62. The minimum absolute atomic E-state index is 0.253. The van der Waals surface area contributed by atoms with Crippen molar-refractivity contribution in [2.24, 2.45) is 0 Å². The molecule has 10 heteroatoms. The number of nitrogen functional groups attached to an aromatic ring is 1. The van der Waals surface area contributed by atoms with Crippen LogP contribution in [0.5, 0.6) is 0 Å². The van der Waals surface area contributed by atoms with Gasteiger partial charge in [-0.15, -0.1) is 0 Å². The number of halogens is 3. The molecule has 1 amide bonds. The lowest BCUT2D eigenvalue weighted by Crippen LogP contribution is -2.44. The lowest BCUT2D eigenvalue weighted by Gasteiger charge is -2.32. The second-order valence-electron chi connectivity index (χ2n) is 5.58. The quantitative estimate of drug-likeness (QED) is 0.901. The number of carbonyl (C=O) groups excluding carboxylic acids is 1. The zero-order valence-corrected chi connectivity index (χ0v) is 13.1. The van der Waals surface area contributed by atoms with Crippen molar-refractivity contribution in [3.05, 3.63) is 41.9 Å². The second-order valence-corrected chi connectivity index (χ2v) is 5.58. The fourth-order valence-electron chi connectivity index (χ4n) is 2.54. The van der Waals surface area contributed by atoms with Crippen LogP contribution in [0.15, 0.2) is 30.5 Å². The molecule has 1 saturated heterocycles. The molecule has 7 nitrogen and oxygen atoms in total. The third kappa shape index (κ3) is 4.08. The first kappa shape index (κ1) is 17.2. The highest BCUT2D eigenvalue weighted by Crippen LogP contribution is 2.27. The fraction of sp³-hybridized carbons (Fsp3) is 0.400. The number of carbonyl (C=O) groups is 1. The Labute approximate surface area is 141 Å². The standard InChI is InChI=1S/C15H16F3N5O2/c16-15(17,18)12-4-5-23(21-12)9-14(24)22-6-7-25-11(8-22)10-2-1-3-13(19)20-10/h1-5,11H,6-9H2,(H2,19,20). The maximum absolute atomic E-state index is 12.6. The van der Waals surface area contributed by atoms with Crippen molar-refractivity contribution in [2.75, 3.05) is 25.4 Å². The van der Waals surface area contributed by atoms with E-state index in [2.05, 4.69) is 10.1 Å². The fourth-order valence-corrected chi connectivity index (χ4v) is 2.54. The van der Waals surface area contributed by atoms with Gasteiger partial charge in [-0.3, -0.25) is 9.48 Å².